The summed E-state index contributed by atoms with van der Waals surface area (Å²) in [5.41, 5.74) is 1.27. The molecule has 0 heterocycles. The van der Waals surface area contributed by atoms with Gasteiger partial charge in [0, 0.05) is 16.6 Å². The third kappa shape index (κ3) is 4.17. The van der Waals surface area contributed by atoms with Crippen LogP contribution in [0.1, 0.15) is 32.8 Å². The van der Waals surface area contributed by atoms with Crippen LogP contribution < -0.4 is 5.32 Å². The van der Waals surface area contributed by atoms with Crippen LogP contribution in [0.2, 0.25) is 10.0 Å². The molecule has 1 nitrogen and oxygen atoms in total. The second kappa shape index (κ2) is 6.63. The Balaban J connectivity index is 2.86. The molecule has 1 unspecified atom stereocenters. The first-order valence-corrected chi connectivity index (χ1v) is 6.91. The van der Waals surface area contributed by atoms with Gasteiger partial charge in [-0.15, -0.1) is 0 Å². The van der Waals surface area contributed by atoms with E-state index in [0.29, 0.717) is 0 Å². The van der Waals surface area contributed by atoms with Gasteiger partial charge in [0.05, 0.1) is 0 Å². The van der Waals surface area contributed by atoms with Crippen molar-refractivity contribution in [3.8, 4) is 0 Å². The van der Waals surface area contributed by atoms with E-state index in [9.17, 15) is 0 Å². The summed E-state index contributed by atoms with van der Waals surface area (Å²) in [6.07, 6.45) is 2.01. The number of rotatable bonds is 6. The van der Waals surface area contributed by atoms with Crippen molar-refractivity contribution in [3.05, 3.63) is 33.8 Å². The number of hydrogen-bond acceptors (Lipinski definition) is 1. The lowest BCUT2D eigenvalue weighted by Gasteiger charge is -2.29. The van der Waals surface area contributed by atoms with Gasteiger partial charge in [-0.2, -0.15) is 0 Å². The zero-order valence-corrected chi connectivity index (χ0v) is 12.3. The molecular weight excluding hydrogens is 253 g/mol. The number of benzene rings is 1. The Morgan fingerprint density at radius 2 is 1.76 bits per heavy atom. The summed E-state index contributed by atoms with van der Waals surface area (Å²) in [4.78, 5) is 0. The molecular formula is C14H21Cl2N. The highest BCUT2D eigenvalue weighted by atomic mass is 35.5. The molecule has 1 aromatic rings. The fourth-order valence-corrected chi connectivity index (χ4v) is 2.40. The zero-order chi connectivity index (χ0) is 12.9. The quantitative estimate of drug-likeness (QED) is 0.801. The second-order valence-corrected chi connectivity index (χ2v) is 5.64. The van der Waals surface area contributed by atoms with Crippen LogP contribution in [0.3, 0.4) is 0 Å². The Morgan fingerprint density at radius 3 is 2.24 bits per heavy atom. The van der Waals surface area contributed by atoms with E-state index in [4.69, 9.17) is 23.2 Å². The van der Waals surface area contributed by atoms with Crippen molar-refractivity contribution in [3.63, 3.8) is 0 Å². The molecule has 0 aliphatic heterocycles. The normalized spacial score (nSPS) is 14.6. The van der Waals surface area contributed by atoms with Gasteiger partial charge in [0.2, 0.25) is 0 Å². The Kier molecular flexibility index (Phi) is 5.78. The molecule has 0 aliphatic rings. The molecule has 1 aromatic carbocycles. The molecule has 0 bridgehead atoms. The molecule has 3 heteroatoms. The number of hydrogen-bond donors (Lipinski definition) is 1. The molecule has 0 saturated heterocycles. The summed E-state index contributed by atoms with van der Waals surface area (Å²) in [6, 6.07) is 5.71. The summed E-state index contributed by atoms with van der Waals surface area (Å²) >= 11 is 12.4. The highest BCUT2D eigenvalue weighted by Gasteiger charge is 2.24. The topological polar surface area (TPSA) is 12.0 Å². The van der Waals surface area contributed by atoms with Crippen LogP contribution in [-0.2, 0) is 6.42 Å². The van der Waals surface area contributed by atoms with Crippen molar-refractivity contribution in [2.75, 3.05) is 13.1 Å². The molecule has 17 heavy (non-hydrogen) atoms. The lowest BCUT2D eigenvalue weighted by atomic mass is 9.81. The highest BCUT2D eigenvalue weighted by Crippen LogP contribution is 2.33. The monoisotopic (exact) mass is 273 g/mol. The van der Waals surface area contributed by atoms with Crippen LogP contribution in [-0.4, -0.2) is 13.1 Å². The first kappa shape index (κ1) is 14.8. The smallest absolute Gasteiger partial charge is 0.0453 e. The van der Waals surface area contributed by atoms with Gasteiger partial charge in [-0.05, 0) is 42.5 Å². The molecule has 0 fully saturated rings. The van der Waals surface area contributed by atoms with Gasteiger partial charge in [0.1, 0.15) is 0 Å². The minimum absolute atomic E-state index is 0.199. The molecule has 1 atom stereocenters. The Bertz CT molecular complexity index is 345. The maximum absolute atomic E-state index is 6.22. The molecule has 1 rings (SSSR count). The third-order valence-corrected chi connectivity index (χ3v) is 4.03. The van der Waals surface area contributed by atoms with E-state index in [-0.39, 0.29) is 5.41 Å². The van der Waals surface area contributed by atoms with Gasteiger partial charge in [-0.1, -0.05) is 50.0 Å². The van der Waals surface area contributed by atoms with E-state index < -0.39 is 0 Å². The molecule has 1 N–H and O–H groups in total. The Labute approximate surface area is 115 Å². The van der Waals surface area contributed by atoms with Crippen LogP contribution in [0, 0.1) is 5.41 Å². The van der Waals surface area contributed by atoms with Crippen LogP contribution >= 0.6 is 23.2 Å². The summed E-state index contributed by atoms with van der Waals surface area (Å²) in [7, 11) is 0. The highest BCUT2D eigenvalue weighted by molar-refractivity contribution is 6.36. The molecule has 0 amide bonds. The first-order valence-electron chi connectivity index (χ1n) is 6.16. The van der Waals surface area contributed by atoms with Gasteiger partial charge in [0.25, 0.3) is 0 Å². The van der Waals surface area contributed by atoms with Gasteiger partial charge >= 0.3 is 0 Å². The minimum Gasteiger partial charge on any atom is -0.316 e. The summed E-state index contributed by atoms with van der Waals surface area (Å²) in [5, 5.41) is 4.96. The van der Waals surface area contributed by atoms with Gasteiger partial charge < -0.3 is 5.32 Å². The minimum atomic E-state index is 0.199. The third-order valence-electron chi connectivity index (χ3n) is 3.32. The van der Waals surface area contributed by atoms with E-state index in [1.54, 1.807) is 0 Å². The van der Waals surface area contributed by atoms with Crippen LogP contribution in [0.25, 0.3) is 0 Å². The standard InChI is InChI=1S/C14H21Cl2N/c1-4-14(3,10-17-5-2)9-11-12(15)7-6-8-13(11)16/h6-8,17H,4-5,9-10H2,1-3H3. The van der Waals surface area contributed by atoms with Crippen molar-refractivity contribution in [2.45, 2.75) is 33.6 Å². The van der Waals surface area contributed by atoms with Crippen LogP contribution in [0.5, 0.6) is 0 Å². The van der Waals surface area contributed by atoms with E-state index in [1.165, 1.54) is 0 Å². The van der Waals surface area contributed by atoms with Crippen molar-refractivity contribution >= 4 is 23.2 Å². The second-order valence-electron chi connectivity index (χ2n) is 4.82. The fourth-order valence-electron chi connectivity index (χ4n) is 1.87. The maximum atomic E-state index is 6.22. The average Bonchev–Trinajstić information content (AvgIpc) is 2.32. The van der Waals surface area contributed by atoms with E-state index in [0.717, 1.165) is 41.5 Å². The molecule has 0 saturated carbocycles. The average molecular weight is 274 g/mol. The van der Waals surface area contributed by atoms with E-state index >= 15 is 0 Å². The van der Waals surface area contributed by atoms with Crippen LogP contribution in [0.4, 0.5) is 0 Å². The SMILES string of the molecule is CCNCC(C)(CC)Cc1c(Cl)cccc1Cl. The van der Waals surface area contributed by atoms with E-state index in [2.05, 4.69) is 26.1 Å². The van der Waals surface area contributed by atoms with E-state index in [1.807, 2.05) is 18.2 Å². The maximum Gasteiger partial charge on any atom is 0.0453 e. The largest absolute Gasteiger partial charge is 0.316 e. The summed E-state index contributed by atoms with van der Waals surface area (Å²) in [5.74, 6) is 0. The van der Waals surface area contributed by atoms with Crippen molar-refractivity contribution < 1.29 is 0 Å². The fraction of sp³-hybridized carbons (Fsp3) is 0.571. The summed E-state index contributed by atoms with van der Waals surface area (Å²) < 4.78 is 0. The molecule has 96 valence electrons. The van der Waals surface area contributed by atoms with Crippen molar-refractivity contribution in [1.29, 1.82) is 0 Å². The molecule has 0 aliphatic carbocycles. The molecule has 0 aromatic heterocycles. The first-order chi connectivity index (χ1) is 8.02. The number of nitrogens with one attached hydrogen (secondary N) is 1. The van der Waals surface area contributed by atoms with Crippen molar-refractivity contribution in [2.24, 2.45) is 5.41 Å². The Hall–Kier alpha value is -0.240. The van der Waals surface area contributed by atoms with Gasteiger partial charge in [-0.25, -0.2) is 0 Å². The predicted octanol–water partition coefficient (Wildman–Crippen LogP) is 4.56. The lowest BCUT2D eigenvalue weighted by molar-refractivity contribution is 0.293. The Morgan fingerprint density at radius 1 is 1.18 bits per heavy atom. The van der Waals surface area contributed by atoms with Crippen molar-refractivity contribution in [1.82, 2.24) is 5.32 Å². The predicted molar refractivity (Wildman–Crippen MR) is 77.1 cm³/mol. The van der Waals surface area contributed by atoms with Gasteiger partial charge in [-0.3, -0.25) is 0 Å². The lowest BCUT2D eigenvalue weighted by Crippen LogP contribution is -2.33. The molecule has 0 spiro atoms. The summed E-state index contributed by atoms with van der Waals surface area (Å²) in [6.45, 7) is 8.59. The zero-order valence-electron chi connectivity index (χ0n) is 10.8. The van der Waals surface area contributed by atoms with Gasteiger partial charge in [0.15, 0.2) is 0 Å². The van der Waals surface area contributed by atoms with Crippen LogP contribution in [0.15, 0.2) is 18.2 Å². The number of halogens is 2. The molecule has 0 radical (unpaired) electrons.